The molecule has 2 N–H and O–H groups in total. The Morgan fingerprint density at radius 3 is 2.39 bits per heavy atom. The van der Waals surface area contributed by atoms with Crippen molar-refractivity contribution in [3.63, 3.8) is 0 Å². The smallest absolute Gasteiger partial charge is 0.424 e. The molecule has 0 spiro atoms. The van der Waals surface area contributed by atoms with Gasteiger partial charge < -0.3 is 15.2 Å². The number of benzene rings is 3. The highest BCUT2D eigenvalue weighted by Gasteiger charge is 2.56. The summed E-state index contributed by atoms with van der Waals surface area (Å²) in [4.78, 5) is 11.1. The largest absolute Gasteiger partial charge is 0.490 e. The zero-order valence-corrected chi connectivity index (χ0v) is 17.5. The Morgan fingerprint density at radius 1 is 1.06 bits per heavy atom. The summed E-state index contributed by atoms with van der Waals surface area (Å²) in [6.07, 6.45) is -3.55. The number of ether oxygens (including phenoxy) is 1. The molecule has 4 rings (SSSR count). The van der Waals surface area contributed by atoms with Crippen molar-refractivity contribution >= 4 is 22.5 Å². The van der Waals surface area contributed by atoms with Crippen LogP contribution in [0.25, 0.3) is 16.6 Å². The number of fused-ring (bicyclic) bond motifs is 1. The van der Waals surface area contributed by atoms with Crippen LogP contribution in [-0.2, 0) is 10.4 Å². The van der Waals surface area contributed by atoms with E-state index in [2.05, 4.69) is 10.4 Å². The SMILES string of the molecule is CC(=O)Nc1ccc(OCC(O)(c2ccc3c(cnn3-c3ccccc3)c2)C(F)(F)F)cc1. The lowest BCUT2D eigenvalue weighted by atomic mass is 9.93. The van der Waals surface area contributed by atoms with E-state index in [4.69, 9.17) is 4.74 Å². The number of hydrogen-bond acceptors (Lipinski definition) is 4. The van der Waals surface area contributed by atoms with Gasteiger partial charge in [0.05, 0.1) is 17.4 Å². The van der Waals surface area contributed by atoms with Crippen LogP contribution in [0.15, 0.2) is 79.0 Å². The fourth-order valence-corrected chi connectivity index (χ4v) is 3.42. The number of aliphatic hydroxyl groups is 1. The van der Waals surface area contributed by atoms with Crippen LogP contribution in [0.4, 0.5) is 18.9 Å². The van der Waals surface area contributed by atoms with Crippen LogP contribution in [0.1, 0.15) is 12.5 Å². The number of carbonyl (C=O) groups is 1. The molecule has 1 amide bonds. The summed E-state index contributed by atoms with van der Waals surface area (Å²) in [5, 5.41) is 18.0. The van der Waals surface area contributed by atoms with Crippen LogP contribution >= 0.6 is 0 Å². The molecule has 1 atom stereocenters. The van der Waals surface area contributed by atoms with E-state index in [0.29, 0.717) is 16.6 Å². The zero-order chi connectivity index (χ0) is 23.6. The average molecular weight is 455 g/mol. The van der Waals surface area contributed by atoms with E-state index in [-0.39, 0.29) is 17.2 Å². The summed E-state index contributed by atoms with van der Waals surface area (Å²) in [5.74, 6) is -0.161. The molecule has 6 nitrogen and oxygen atoms in total. The normalized spacial score (nSPS) is 13.5. The standard InChI is InChI=1S/C24H20F3N3O3/c1-16(31)29-19-8-10-21(11-9-19)33-15-23(32,24(25,26)27)18-7-12-22-17(13-18)14-28-30(22)20-5-3-2-4-6-20/h2-14,32H,15H2,1H3,(H,29,31). The number of carbonyl (C=O) groups excluding carboxylic acids is 1. The lowest BCUT2D eigenvalue weighted by Gasteiger charge is -2.31. The summed E-state index contributed by atoms with van der Waals surface area (Å²) in [5.41, 5.74) is -1.76. The van der Waals surface area contributed by atoms with Crippen molar-refractivity contribution in [2.24, 2.45) is 0 Å². The minimum atomic E-state index is -4.99. The van der Waals surface area contributed by atoms with Gasteiger partial charge in [0.25, 0.3) is 0 Å². The van der Waals surface area contributed by atoms with Gasteiger partial charge in [0.1, 0.15) is 12.4 Å². The molecular formula is C24H20F3N3O3. The monoisotopic (exact) mass is 455 g/mol. The molecule has 0 bridgehead atoms. The number of hydrogen-bond donors (Lipinski definition) is 2. The molecule has 0 aliphatic heterocycles. The van der Waals surface area contributed by atoms with Crippen LogP contribution in [-0.4, -0.2) is 33.6 Å². The third kappa shape index (κ3) is 4.54. The van der Waals surface area contributed by atoms with Crippen molar-refractivity contribution in [2.45, 2.75) is 18.7 Å². The van der Waals surface area contributed by atoms with Gasteiger partial charge in [-0.1, -0.05) is 24.3 Å². The van der Waals surface area contributed by atoms with Gasteiger partial charge in [-0.3, -0.25) is 4.79 Å². The summed E-state index contributed by atoms with van der Waals surface area (Å²) >= 11 is 0. The summed E-state index contributed by atoms with van der Waals surface area (Å²) < 4.78 is 48.8. The Bertz CT molecular complexity index is 1270. The van der Waals surface area contributed by atoms with E-state index in [1.165, 1.54) is 55.6 Å². The quantitative estimate of drug-likeness (QED) is 0.437. The van der Waals surface area contributed by atoms with Gasteiger partial charge in [-0.25, -0.2) is 4.68 Å². The molecule has 3 aromatic carbocycles. The highest BCUT2D eigenvalue weighted by atomic mass is 19.4. The molecule has 0 aliphatic carbocycles. The maximum Gasteiger partial charge on any atom is 0.424 e. The van der Waals surface area contributed by atoms with Gasteiger partial charge >= 0.3 is 6.18 Å². The molecule has 1 heterocycles. The van der Waals surface area contributed by atoms with Gasteiger partial charge in [-0.2, -0.15) is 18.3 Å². The zero-order valence-electron chi connectivity index (χ0n) is 17.5. The van der Waals surface area contributed by atoms with Crippen molar-refractivity contribution < 1.29 is 27.8 Å². The number of para-hydroxylation sites is 1. The third-order valence-electron chi connectivity index (χ3n) is 5.14. The number of rotatable bonds is 6. The van der Waals surface area contributed by atoms with Crippen LogP contribution in [0.2, 0.25) is 0 Å². The van der Waals surface area contributed by atoms with Gasteiger partial charge in [0, 0.05) is 18.0 Å². The first-order chi connectivity index (χ1) is 15.7. The maximum atomic E-state index is 14.0. The Hall–Kier alpha value is -3.85. The average Bonchev–Trinajstić information content (AvgIpc) is 3.21. The Kier molecular flexibility index (Phi) is 5.82. The molecule has 170 valence electrons. The molecule has 4 aromatic rings. The van der Waals surface area contributed by atoms with Crippen molar-refractivity contribution in [3.05, 3.63) is 84.6 Å². The lowest BCUT2D eigenvalue weighted by Crippen LogP contribution is -2.47. The first-order valence-electron chi connectivity index (χ1n) is 10.0. The number of nitrogens with one attached hydrogen (secondary N) is 1. The van der Waals surface area contributed by atoms with Crippen LogP contribution in [0.5, 0.6) is 5.75 Å². The number of alkyl halides is 3. The van der Waals surface area contributed by atoms with E-state index in [9.17, 15) is 23.1 Å². The second kappa shape index (κ2) is 8.59. The van der Waals surface area contributed by atoms with E-state index in [1.54, 1.807) is 4.68 Å². The fraction of sp³-hybridized carbons (Fsp3) is 0.167. The third-order valence-corrected chi connectivity index (χ3v) is 5.14. The molecule has 0 radical (unpaired) electrons. The van der Waals surface area contributed by atoms with Crippen molar-refractivity contribution in [2.75, 3.05) is 11.9 Å². The molecule has 33 heavy (non-hydrogen) atoms. The molecule has 9 heteroatoms. The van der Waals surface area contributed by atoms with Crippen molar-refractivity contribution in [1.29, 1.82) is 0 Å². The van der Waals surface area contributed by atoms with E-state index >= 15 is 0 Å². The highest BCUT2D eigenvalue weighted by Crippen LogP contribution is 2.40. The second-order valence-corrected chi connectivity index (χ2v) is 7.52. The number of halogens is 3. The van der Waals surface area contributed by atoms with Crippen molar-refractivity contribution in [1.82, 2.24) is 9.78 Å². The molecule has 0 aliphatic rings. The maximum absolute atomic E-state index is 14.0. The fourth-order valence-electron chi connectivity index (χ4n) is 3.42. The van der Waals surface area contributed by atoms with Crippen LogP contribution in [0.3, 0.4) is 0 Å². The van der Waals surface area contributed by atoms with E-state index in [1.807, 2.05) is 30.3 Å². The number of aromatic nitrogens is 2. The first kappa shape index (κ1) is 22.3. The second-order valence-electron chi connectivity index (χ2n) is 7.52. The molecule has 0 saturated heterocycles. The van der Waals surface area contributed by atoms with E-state index in [0.717, 1.165) is 5.69 Å². The Balaban J connectivity index is 1.62. The summed E-state index contributed by atoms with van der Waals surface area (Å²) in [7, 11) is 0. The number of anilines is 1. The predicted octanol–water partition coefficient (Wildman–Crippen LogP) is 4.81. The van der Waals surface area contributed by atoms with Gasteiger partial charge in [-0.05, 0) is 54.1 Å². The summed E-state index contributed by atoms with van der Waals surface area (Å²) in [6.45, 7) is 0.294. The van der Waals surface area contributed by atoms with Crippen LogP contribution < -0.4 is 10.1 Å². The molecule has 0 fully saturated rings. The van der Waals surface area contributed by atoms with E-state index < -0.39 is 18.4 Å². The van der Waals surface area contributed by atoms with Gasteiger partial charge in [-0.15, -0.1) is 0 Å². The number of amides is 1. The minimum Gasteiger partial charge on any atom is -0.490 e. The molecule has 0 saturated carbocycles. The van der Waals surface area contributed by atoms with Crippen molar-refractivity contribution in [3.8, 4) is 11.4 Å². The molecule has 1 unspecified atom stereocenters. The summed E-state index contributed by atoms with van der Waals surface area (Å²) in [6, 6.07) is 19.0. The lowest BCUT2D eigenvalue weighted by molar-refractivity contribution is -0.275. The predicted molar refractivity (Wildman–Crippen MR) is 117 cm³/mol. The molecule has 1 aromatic heterocycles. The molecular weight excluding hydrogens is 435 g/mol. The minimum absolute atomic E-state index is 0.116. The highest BCUT2D eigenvalue weighted by molar-refractivity contribution is 5.88. The first-order valence-corrected chi connectivity index (χ1v) is 10.0. The Labute approximate surface area is 187 Å². The van der Waals surface area contributed by atoms with Gasteiger partial charge in [0.2, 0.25) is 11.5 Å². The van der Waals surface area contributed by atoms with Crippen LogP contribution in [0, 0.1) is 0 Å². The topological polar surface area (TPSA) is 76.4 Å². The van der Waals surface area contributed by atoms with Gasteiger partial charge in [0.15, 0.2) is 0 Å². The Morgan fingerprint density at radius 2 is 1.76 bits per heavy atom. The number of nitrogens with zero attached hydrogens (tertiary/aromatic N) is 2.